The molecule has 1 aromatic rings. The molecule has 2 heterocycles. The van der Waals surface area contributed by atoms with E-state index in [0.29, 0.717) is 24.5 Å². The molecule has 1 fully saturated rings. The van der Waals surface area contributed by atoms with Crippen molar-refractivity contribution in [3.8, 4) is 0 Å². The molecule has 0 aromatic carbocycles. The van der Waals surface area contributed by atoms with Crippen molar-refractivity contribution in [3.05, 3.63) is 23.4 Å². The minimum absolute atomic E-state index is 0.0191. The maximum Gasteiger partial charge on any atom is 0.254 e. The lowest BCUT2D eigenvalue weighted by molar-refractivity contribution is -0.0444. The summed E-state index contributed by atoms with van der Waals surface area (Å²) >= 11 is 0. The molecular formula is C15H24N4O2. The van der Waals surface area contributed by atoms with E-state index in [0.717, 1.165) is 18.5 Å². The number of aryl methyl sites for hydroxylation is 1. The molecule has 2 rings (SSSR count). The number of hydrogen-bond donors (Lipinski definition) is 2. The van der Waals surface area contributed by atoms with Crippen molar-refractivity contribution in [3.63, 3.8) is 0 Å². The number of ether oxygens (including phenoxy) is 1. The number of morpholine rings is 1. The van der Waals surface area contributed by atoms with E-state index in [2.05, 4.69) is 17.3 Å². The summed E-state index contributed by atoms with van der Waals surface area (Å²) in [6.07, 6.45) is 1.70. The molecule has 1 saturated heterocycles. The van der Waals surface area contributed by atoms with E-state index in [1.54, 1.807) is 6.07 Å². The fourth-order valence-electron chi connectivity index (χ4n) is 2.56. The van der Waals surface area contributed by atoms with Crippen LogP contribution in [0.3, 0.4) is 0 Å². The van der Waals surface area contributed by atoms with Gasteiger partial charge in [0.2, 0.25) is 0 Å². The van der Waals surface area contributed by atoms with Crippen LogP contribution in [-0.2, 0) is 11.2 Å². The number of anilines is 1. The molecule has 116 valence electrons. The summed E-state index contributed by atoms with van der Waals surface area (Å²) in [5.41, 5.74) is 4.00. The number of nitrogens with two attached hydrogens (primary N) is 1. The second kappa shape index (κ2) is 6.87. The van der Waals surface area contributed by atoms with Crippen LogP contribution < -0.4 is 11.3 Å². The number of aromatic nitrogens is 1. The molecule has 1 aliphatic rings. The van der Waals surface area contributed by atoms with Gasteiger partial charge >= 0.3 is 0 Å². The standard InChI is InChI=1S/C15H24N4O2/c1-4-12-6-11(7-14(17-12)18-16)15(20)19-8-10(3)21-9-13(19)5-2/h6-7,10,13H,4-5,8-9,16H2,1-3H3,(H,17,18). The number of pyridine rings is 1. The van der Waals surface area contributed by atoms with E-state index >= 15 is 0 Å². The first-order chi connectivity index (χ1) is 10.1. The summed E-state index contributed by atoms with van der Waals surface area (Å²) in [5.74, 6) is 5.98. The van der Waals surface area contributed by atoms with Crippen LogP contribution >= 0.6 is 0 Å². The minimum atomic E-state index is 0.0191. The first-order valence-electron chi connectivity index (χ1n) is 7.49. The number of nitrogens with one attached hydrogen (secondary N) is 1. The molecule has 0 bridgehead atoms. The summed E-state index contributed by atoms with van der Waals surface area (Å²) in [6.45, 7) is 7.27. The van der Waals surface area contributed by atoms with Gasteiger partial charge in [-0.25, -0.2) is 10.8 Å². The van der Waals surface area contributed by atoms with Crippen LogP contribution in [0, 0.1) is 0 Å². The number of hydrogen-bond acceptors (Lipinski definition) is 5. The Morgan fingerprint density at radius 1 is 1.52 bits per heavy atom. The van der Waals surface area contributed by atoms with Gasteiger partial charge in [0.15, 0.2) is 0 Å². The highest BCUT2D eigenvalue weighted by Crippen LogP contribution is 2.19. The largest absolute Gasteiger partial charge is 0.375 e. The van der Waals surface area contributed by atoms with Crippen molar-refractivity contribution in [1.29, 1.82) is 0 Å². The highest BCUT2D eigenvalue weighted by molar-refractivity contribution is 5.95. The topological polar surface area (TPSA) is 80.5 Å². The van der Waals surface area contributed by atoms with Gasteiger partial charge in [-0.05, 0) is 31.9 Å². The smallest absolute Gasteiger partial charge is 0.254 e. The summed E-state index contributed by atoms with van der Waals surface area (Å²) in [6, 6.07) is 3.67. The Labute approximate surface area is 125 Å². The number of nitrogen functional groups attached to an aromatic ring is 1. The zero-order valence-electron chi connectivity index (χ0n) is 12.9. The Morgan fingerprint density at radius 2 is 2.29 bits per heavy atom. The number of carbonyl (C=O) groups excluding carboxylic acids is 1. The first kappa shape index (κ1) is 15.7. The molecular weight excluding hydrogens is 268 g/mol. The van der Waals surface area contributed by atoms with E-state index in [9.17, 15) is 4.79 Å². The van der Waals surface area contributed by atoms with E-state index in [1.807, 2.05) is 24.8 Å². The molecule has 0 aliphatic carbocycles. The summed E-state index contributed by atoms with van der Waals surface area (Å²) < 4.78 is 5.65. The molecule has 0 radical (unpaired) electrons. The fourth-order valence-corrected chi connectivity index (χ4v) is 2.56. The third-order valence-corrected chi connectivity index (χ3v) is 3.84. The molecule has 6 nitrogen and oxygen atoms in total. The average Bonchev–Trinajstić information content (AvgIpc) is 2.53. The zero-order chi connectivity index (χ0) is 15.4. The Kier molecular flexibility index (Phi) is 5.14. The Morgan fingerprint density at radius 3 is 2.90 bits per heavy atom. The molecule has 1 aliphatic heterocycles. The van der Waals surface area contributed by atoms with Gasteiger partial charge in [0.05, 0.1) is 18.8 Å². The monoisotopic (exact) mass is 292 g/mol. The maximum absolute atomic E-state index is 12.8. The van der Waals surface area contributed by atoms with Crippen molar-refractivity contribution in [1.82, 2.24) is 9.88 Å². The van der Waals surface area contributed by atoms with Crippen LogP contribution in [0.15, 0.2) is 12.1 Å². The fraction of sp³-hybridized carbons (Fsp3) is 0.600. The second-order valence-electron chi connectivity index (χ2n) is 5.39. The number of hydrazine groups is 1. The van der Waals surface area contributed by atoms with Crippen LogP contribution in [0.5, 0.6) is 0 Å². The number of amides is 1. The van der Waals surface area contributed by atoms with E-state index in [4.69, 9.17) is 10.6 Å². The van der Waals surface area contributed by atoms with Crippen LogP contribution in [0.2, 0.25) is 0 Å². The Bertz CT molecular complexity index is 484. The van der Waals surface area contributed by atoms with Crippen molar-refractivity contribution >= 4 is 11.7 Å². The number of rotatable bonds is 4. The van der Waals surface area contributed by atoms with Gasteiger partial charge in [0.1, 0.15) is 5.82 Å². The van der Waals surface area contributed by atoms with Gasteiger partial charge in [-0.1, -0.05) is 13.8 Å². The van der Waals surface area contributed by atoms with E-state index in [1.165, 1.54) is 0 Å². The first-order valence-corrected chi connectivity index (χ1v) is 7.49. The van der Waals surface area contributed by atoms with Gasteiger partial charge in [0.25, 0.3) is 5.91 Å². The van der Waals surface area contributed by atoms with Gasteiger partial charge in [-0.3, -0.25) is 4.79 Å². The van der Waals surface area contributed by atoms with Gasteiger partial charge in [0, 0.05) is 17.8 Å². The van der Waals surface area contributed by atoms with Crippen molar-refractivity contribution in [2.45, 2.75) is 45.8 Å². The van der Waals surface area contributed by atoms with Gasteiger partial charge in [-0.15, -0.1) is 0 Å². The lowest BCUT2D eigenvalue weighted by Gasteiger charge is -2.38. The third-order valence-electron chi connectivity index (χ3n) is 3.84. The number of nitrogens with zero attached hydrogens (tertiary/aromatic N) is 2. The highest BCUT2D eigenvalue weighted by atomic mass is 16.5. The molecule has 6 heteroatoms. The quantitative estimate of drug-likeness (QED) is 0.650. The predicted molar refractivity (Wildman–Crippen MR) is 82.0 cm³/mol. The molecule has 0 saturated carbocycles. The predicted octanol–water partition coefficient (Wildman–Crippen LogP) is 1.57. The lowest BCUT2D eigenvalue weighted by Crippen LogP contribution is -2.51. The van der Waals surface area contributed by atoms with E-state index < -0.39 is 0 Å². The zero-order valence-corrected chi connectivity index (χ0v) is 12.9. The van der Waals surface area contributed by atoms with Gasteiger partial charge in [-0.2, -0.15) is 0 Å². The van der Waals surface area contributed by atoms with Gasteiger partial charge < -0.3 is 15.1 Å². The van der Waals surface area contributed by atoms with Crippen LogP contribution in [-0.4, -0.2) is 41.1 Å². The summed E-state index contributed by atoms with van der Waals surface area (Å²) in [7, 11) is 0. The molecule has 2 unspecified atom stereocenters. The molecule has 1 aromatic heterocycles. The SMILES string of the molecule is CCc1cc(C(=O)N2CC(C)OCC2CC)cc(NN)n1. The van der Waals surface area contributed by atoms with E-state index in [-0.39, 0.29) is 18.1 Å². The average molecular weight is 292 g/mol. The Hall–Kier alpha value is -1.66. The van der Waals surface area contributed by atoms with Crippen molar-refractivity contribution in [2.24, 2.45) is 5.84 Å². The lowest BCUT2D eigenvalue weighted by atomic mass is 10.1. The number of carbonyl (C=O) groups is 1. The maximum atomic E-state index is 12.8. The minimum Gasteiger partial charge on any atom is -0.375 e. The Balaban J connectivity index is 2.29. The molecule has 1 amide bonds. The highest BCUT2D eigenvalue weighted by Gasteiger charge is 2.30. The molecule has 2 atom stereocenters. The van der Waals surface area contributed by atoms with Crippen LogP contribution in [0.25, 0.3) is 0 Å². The summed E-state index contributed by atoms with van der Waals surface area (Å²) in [4.78, 5) is 19.1. The summed E-state index contributed by atoms with van der Waals surface area (Å²) in [5, 5.41) is 0. The van der Waals surface area contributed by atoms with Crippen LogP contribution in [0.4, 0.5) is 5.82 Å². The van der Waals surface area contributed by atoms with Crippen LogP contribution in [0.1, 0.15) is 43.2 Å². The van der Waals surface area contributed by atoms with Crippen molar-refractivity contribution < 1.29 is 9.53 Å². The normalized spacial score (nSPS) is 22.2. The molecule has 0 spiro atoms. The second-order valence-corrected chi connectivity index (χ2v) is 5.39. The molecule has 21 heavy (non-hydrogen) atoms. The third kappa shape index (κ3) is 3.51. The molecule has 3 N–H and O–H groups in total. The van der Waals surface area contributed by atoms with Crippen molar-refractivity contribution in [2.75, 3.05) is 18.6 Å².